The summed E-state index contributed by atoms with van der Waals surface area (Å²) in [4.78, 5) is 0. The minimum atomic E-state index is -4.31. The van der Waals surface area contributed by atoms with Crippen molar-refractivity contribution < 1.29 is 18.3 Å². The van der Waals surface area contributed by atoms with Crippen molar-refractivity contribution in [1.82, 2.24) is 0 Å². The van der Waals surface area contributed by atoms with E-state index in [-0.39, 0.29) is 11.3 Å². The molecule has 72 valence electrons. The van der Waals surface area contributed by atoms with Gasteiger partial charge in [-0.1, -0.05) is 18.2 Å². The SMILES string of the molecule is CC(c1ccccc1O)C(F)(F)F. The van der Waals surface area contributed by atoms with Crippen LogP contribution in [0.15, 0.2) is 24.3 Å². The normalized spacial score (nSPS) is 14.2. The average Bonchev–Trinajstić information content (AvgIpc) is 2.02. The highest BCUT2D eigenvalue weighted by molar-refractivity contribution is 5.35. The van der Waals surface area contributed by atoms with E-state index in [9.17, 15) is 13.2 Å². The zero-order chi connectivity index (χ0) is 10.1. The van der Waals surface area contributed by atoms with E-state index in [0.29, 0.717) is 0 Å². The van der Waals surface area contributed by atoms with E-state index in [1.807, 2.05) is 0 Å². The van der Waals surface area contributed by atoms with E-state index in [0.717, 1.165) is 6.92 Å². The summed E-state index contributed by atoms with van der Waals surface area (Å²) < 4.78 is 36.6. The molecule has 1 unspecified atom stereocenters. The first-order valence-corrected chi connectivity index (χ1v) is 3.77. The summed E-state index contributed by atoms with van der Waals surface area (Å²) in [7, 11) is 0. The Bertz CT molecular complexity index is 293. The van der Waals surface area contributed by atoms with Crippen LogP contribution in [0.1, 0.15) is 18.4 Å². The number of phenols is 1. The Labute approximate surface area is 73.8 Å². The lowest BCUT2D eigenvalue weighted by atomic mass is 10.00. The van der Waals surface area contributed by atoms with Crippen LogP contribution in [0.3, 0.4) is 0 Å². The average molecular weight is 190 g/mol. The fourth-order valence-electron chi connectivity index (χ4n) is 1.03. The molecule has 0 heterocycles. The molecule has 0 fully saturated rings. The van der Waals surface area contributed by atoms with Gasteiger partial charge in [0, 0.05) is 5.56 Å². The molecule has 0 spiro atoms. The Morgan fingerprint density at radius 2 is 1.77 bits per heavy atom. The van der Waals surface area contributed by atoms with Crippen molar-refractivity contribution >= 4 is 0 Å². The molecule has 0 bridgehead atoms. The Balaban J connectivity index is 3.02. The number of alkyl halides is 3. The van der Waals surface area contributed by atoms with Crippen molar-refractivity contribution in [3.8, 4) is 5.75 Å². The third kappa shape index (κ3) is 2.14. The summed E-state index contributed by atoms with van der Waals surface area (Å²) in [5, 5.41) is 9.14. The van der Waals surface area contributed by atoms with Gasteiger partial charge in [-0.15, -0.1) is 0 Å². The van der Waals surface area contributed by atoms with Gasteiger partial charge in [-0.2, -0.15) is 13.2 Å². The zero-order valence-corrected chi connectivity index (χ0v) is 6.97. The maximum absolute atomic E-state index is 12.2. The summed E-state index contributed by atoms with van der Waals surface area (Å²) in [5.41, 5.74) is -0.0880. The third-order valence-electron chi connectivity index (χ3n) is 1.89. The molecule has 0 saturated heterocycles. The Hall–Kier alpha value is -1.19. The standard InChI is InChI=1S/C9H9F3O/c1-6(9(10,11)12)7-4-2-3-5-8(7)13/h2-6,13H,1H3. The lowest BCUT2D eigenvalue weighted by molar-refractivity contribution is -0.146. The van der Waals surface area contributed by atoms with E-state index >= 15 is 0 Å². The number of rotatable bonds is 1. The van der Waals surface area contributed by atoms with Crippen LogP contribution in [0, 0.1) is 0 Å². The first-order chi connectivity index (χ1) is 5.93. The monoisotopic (exact) mass is 190 g/mol. The lowest BCUT2D eigenvalue weighted by Crippen LogP contribution is -2.17. The van der Waals surface area contributed by atoms with Gasteiger partial charge in [0.15, 0.2) is 0 Å². The van der Waals surface area contributed by atoms with Gasteiger partial charge in [-0.25, -0.2) is 0 Å². The van der Waals surface area contributed by atoms with Crippen LogP contribution in [0.2, 0.25) is 0 Å². The zero-order valence-electron chi connectivity index (χ0n) is 6.97. The first kappa shape index (κ1) is 9.89. The molecule has 1 rings (SSSR count). The molecule has 1 atom stereocenters. The van der Waals surface area contributed by atoms with Crippen LogP contribution in [0.5, 0.6) is 5.75 Å². The topological polar surface area (TPSA) is 20.2 Å². The van der Waals surface area contributed by atoms with E-state index in [1.54, 1.807) is 0 Å². The maximum atomic E-state index is 12.2. The Morgan fingerprint density at radius 1 is 1.23 bits per heavy atom. The summed E-state index contributed by atoms with van der Waals surface area (Å²) in [5.74, 6) is -1.94. The lowest BCUT2D eigenvalue weighted by Gasteiger charge is -2.16. The number of hydrogen-bond acceptors (Lipinski definition) is 1. The summed E-state index contributed by atoms with van der Waals surface area (Å²) in [6, 6.07) is 5.48. The molecule has 0 aromatic heterocycles. The molecule has 1 N–H and O–H groups in total. The molecule has 0 aliphatic carbocycles. The summed E-state index contributed by atoms with van der Waals surface area (Å²) in [6.45, 7) is 1.02. The third-order valence-corrected chi connectivity index (χ3v) is 1.89. The van der Waals surface area contributed by atoms with Crippen LogP contribution >= 0.6 is 0 Å². The largest absolute Gasteiger partial charge is 0.508 e. The van der Waals surface area contributed by atoms with E-state index in [4.69, 9.17) is 5.11 Å². The quantitative estimate of drug-likeness (QED) is 0.721. The minimum absolute atomic E-state index is 0.0880. The molecule has 0 aliphatic rings. The number of benzene rings is 1. The Kier molecular flexibility index (Phi) is 2.50. The van der Waals surface area contributed by atoms with Crippen LogP contribution in [-0.2, 0) is 0 Å². The molecule has 1 nitrogen and oxygen atoms in total. The summed E-state index contributed by atoms with van der Waals surface area (Å²) >= 11 is 0. The predicted molar refractivity (Wildman–Crippen MR) is 42.6 cm³/mol. The number of hydrogen-bond donors (Lipinski definition) is 1. The molecule has 0 aliphatic heterocycles. The highest BCUT2D eigenvalue weighted by Gasteiger charge is 2.38. The second kappa shape index (κ2) is 3.28. The maximum Gasteiger partial charge on any atom is 0.395 e. The van der Waals surface area contributed by atoms with Gasteiger partial charge in [0.05, 0.1) is 5.92 Å². The smallest absolute Gasteiger partial charge is 0.395 e. The molecule has 0 saturated carbocycles. The highest BCUT2D eigenvalue weighted by atomic mass is 19.4. The van der Waals surface area contributed by atoms with E-state index in [2.05, 4.69) is 0 Å². The van der Waals surface area contributed by atoms with Crippen molar-refractivity contribution in [2.75, 3.05) is 0 Å². The van der Waals surface area contributed by atoms with Crippen molar-refractivity contribution in [3.05, 3.63) is 29.8 Å². The van der Waals surface area contributed by atoms with Crippen molar-refractivity contribution in [3.63, 3.8) is 0 Å². The first-order valence-electron chi connectivity index (χ1n) is 3.77. The fourth-order valence-corrected chi connectivity index (χ4v) is 1.03. The second-order valence-corrected chi connectivity index (χ2v) is 2.82. The van der Waals surface area contributed by atoms with Crippen molar-refractivity contribution in [1.29, 1.82) is 0 Å². The molecule has 13 heavy (non-hydrogen) atoms. The van der Waals surface area contributed by atoms with Gasteiger partial charge in [0.2, 0.25) is 0 Å². The predicted octanol–water partition coefficient (Wildman–Crippen LogP) is 3.06. The minimum Gasteiger partial charge on any atom is -0.508 e. The van der Waals surface area contributed by atoms with Crippen LogP contribution in [0.25, 0.3) is 0 Å². The van der Waals surface area contributed by atoms with E-state index < -0.39 is 12.1 Å². The van der Waals surface area contributed by atoms with Gasteiger partial charge in [-0.3, -0.25) is 0 Å². The fraction of sp³-hybridized carbons (Fsp3) is 0.333. The summed E-state index contributed by atoms with van der Waals surface area (Å²) in [6.07, 6.45) is -4.31. The number of phenolic OH excluding ortho intramolecular Hbond substituents is 1. The van der Waals surface area contributed by atoms with Gasteiger partial charge < -0.3 is 5.11 Å². The van der Waals surface area contributed by atoms with Crippen LogP contribution in [-0.4, -0.2) is 11.3 Å². The molecule has 0 radical (unpaired) electrons. The molecule has 1 aromatic carbocycles. The van der Waals surface area contributed by atoms with Gasteiger partial charge >= 0.3 is 6.18 Å². The molecule has 4 heteroatoms. The molecule has 1 aromatic rings. The number of aromatic hydroxyl groups is 1. The van der Waals surface area contributed by atoms with Crippen LogP contribution in [0.4, 0.5) is 13.2 Å². The molecule has 0 amide bonds. The molecular formula is C9H9F3O. The second-order valence-electron chi connectivity index (χ2n) is 2.82. The molecular weight excluding hydrogens is 181 g/mol. The van der Waals surface area contributed by atoms with Crippen molar-refractivity contribution in [2.45, 2.75) is 19.0 Å². The van der Waals surface area contributed by atoms with E-state index in [1.165, 1.54) is 24.3 Å². The van der Waals surface area contributed by atoms with Gasteiger partial charge in [-0.05, 0) is 13.0 Å². The van der Waals surface area contributed by atoms with Crippen molar-refractivity contribution in [2.24, 2.45) is 0 Å². The number of halogens is 3. The Morgan fingerprint density at radius 3 is 2.23 bits per heavy atom. The highest BCUT2D eigenvalue weighted by Crippen LogP contribution is 2.37. The number of para-hydroxylation sites is 1. The van der Waals surface area contributed by atoms with Gasteiger partial charge in [0.25, 0.3) is 0 Å². The van der Waals surface area contributed by atoms with Gasteiger partial charge in [0.1, 0.15) is 5.75 Å². The van der Waals surface area contributed by atoms with Crippen LogP contribution < -0.4 is 0 Å².